The Bertz CT molecular complexity index is 1300. The quantitative estimate of drug-likeness (QED) is 0.340. The fourth-order valence-corrected chi connectivity index (χ4v) is 4.09. The third-order valence-corrected chi connectivity index (χ3v) is 6.05. The van der Waals surface area contributed by atoms with E-state index in [1.807, 2.05) is 68.4 Å². The number of amides is 1. The van der Waals surface area contributed by atoms with Gasteiger partial charge in [0.15, 0.2) is 0 Å². The molecule has 3 aromatic carbocycles. The van der Waals surface area contributed by atoms with Crippen LogP contribution in [0.1, 0.15) is 62.1 Å². The van der Waals surface area contributed by atoms with Gasteiger partial charge in [-0.15, -0.1) is 0 Å². The monoisotopic (exact) mass is 452 g/mol. The molecule has 0 saturated carbocycles. The maximum absolute atomic E-state index is 13.5. The van der Waals surface area contributed by atoms with Crippen LogP contribution in [0.3, 0.4) is 0 Å². The summed E-state index contributed by atoms with van der Waals surface area (Å²) in [7, 11) is 0. The number of carbonyl (C=O) groups is 1. The molecule has 1 aromatic heterocycles. The molecule has 0 aliphatic carbocycles. The average molecular weight is 453 g/mol. The summed E-state index contributed by atoms with van der Waals surface area (Å²) >= 11 is 0. The van der Waals surface area contributed by atoms with Gasteiger partial charge in [-0.1, -0.05) is 75.4 Å². The number of hydrogen-bond acceptors (Lipinski definition) is 3. The Kier molecular flexibility index (Phi) is 6.69. The van der Waals surface area contributed by atoms with Crippen molar-refractivity contribution in [2.75, 3.05) is 6.61 Å². The molecule has 0 unspecified atom stereocenters. The highest BCUT2D eigenvalue weighted by Gasteiger charge is 2.19. The van der Waals surface area contributed by atoms with Crippen molar-refractivity contribution < 1.29 is 9.53 Å². The predicted octanol–water partition coefficient (Wildman–Crippen LogP) is 7.09. The number of ether oxygens (including phenoxy) is 1. The fraction of sp³-hybridized carbons (Fsp3) is 0.267. The van der Waals surface area contributed by atoms with Gasteiger partial charge in [-0.05, 0) is 54.7 Å². The molecule has 1 amide bonds. The van der Waals surface area contributed by atoms with Crippen LogP contribution in [-0.4, -0.2) is 17.5 Å². The Morgan fingerprint density at radius 1 is 0.971 bits per heavy atom. The first kappa shape index (κ1) is 23.5. The van der Waals surface area contributed by atoms with E-state index in [9.17, 15) is 4.79 Å². The van der Waals surface area contributed by atoms with Crippen molar-refractivity contribution in [2.24, 2.45) is 0 Å². The average Bonchev–Trinajstić information content (AvgIpc) is 2.83. The third-order valence-electron chi connectivity index (χ3n) is 6.05. The number of nitrogens with zero attached hydrogens (tertiary/aromatic N) is 1. The molecule has 4 rings (SSSR count). The van der Waals surface area contributed by atoms with Gasteiger partial charge < -0.3 is 10.1 Å². The summed E-state index contributed by atoms with van der Waals surface area (Å²) in [6, 6.07) is 25.8. The van der Waals surface area contributed by atoms with Gasteiger partial charge in [0.05, 0.1) is 29.4 Å². The number of para-hydroxylation sites is 2. The van der Waals surface area contributed by atoms with Gasteiger partial charge in [0, 0.05) is 10.9 Å². The Morgan fingerprint density at radius 3 is 2.35 bits per heavy atom. The van der Waals surface area contributed by atoms with Gasteiger partial charge in [0.25, 0.3) is 5.91 Å². The molecule has 0 saturated heterocycles. The molecule has 0 fully saturated rings. The molecule has 174 valence electrons. The molecule has 0 aliphatic heterocycles. The molecule has 4 nitrogen and oxygen atoms in total. The molecule has 0 spiro atoms. The second kappa shape index (κ2) is 9.68. The lowest BCUT2D eigenvalue weighted by atomic mass is 9.86. The van der Waals surface area contributed by atoms with Crippen LogP contribution in [0, 0.1) is 0 Å². The number of pyridine rings is 1. The Morgan fingerprint density at radius 2 is 1.65 bits per heavy atom. The van der Waals surface area contributed by atoms with Crippen LogP contribution in [0.2, 0.25) is 0 Å². The van der Waals surface area contributed by atoms with E-state index in [1.54, 1.807) is 0 Å². The van der Waals surface area contributed by atoms with Gasteiger partial charge in [0.2, 0.25) is 0 Å². The summed E-state index contributed by atoms with van der Waals surface area (Å²) in [5, 5.41) is 4.01. The molecule has 4 aromatic rings. The number of benzene rings is 3. The number of carbonyl (C=O) groups excluding carboxylic acids is 1. The third kappa shape index (κ3) is 4.96. The van der Waals surface area contributed by atoms with Crippen molar-refractivity contribution in [3.05, 3.63) is 95.6 Å². The Labute approximate surface area is 202 Å². The van der Waals surface area contributed by atoms with Crippen molar-refractivity contribution >= 4 is 16.8 Å². The maximum Gasteiger partial charge on any atom is 0.252 e. The van der Waals surface area contributed by atoms with E-state index >= 15 is 0 Å². The highest BCUT2D eigenvalue weighted by atomic mass is 16.5. The molecule has 0 radical (unpaired) electrons. The lowest BCUT2D eigenvalue weighted by molar-refractivity contribution is 0.0941. The van der Waals surface area contributed by atoms with Crippen LogP contribution in [0.5, 0.6) is 5.75 Å². The lowest BCUT2D eigenvalue weighted by Gasteiger charge is -2.21. The lowest BCUT2D eigenvalue weighted by Crippen LogP contribution is -2.27. The summed E-state index contributed by atoms with van der Waals surface area (Å²) in [5.74, 6) is 0.632. The van der Waals surface area contributed by atoms with E-state index in [1.165, 1.54) is 5.56 Å². The fourth-order valence-electron chi connectivity index (χ4n) is 4.09. The van der Waals surface area contributed by atoms with Crippen molar-refractivity contribution in [2.45, 2.75) is 46.1 Å². The van der Waals surface area contributed by atoms with Crippen LogP contribution in [0.15, 0.2) is 78.9 Å². The summed E-state index contributed by atoms with van der Waals surface area (Å²) in [6.45, 7) is 11.1. The zero-order valence-corrected chi connectivity index (χ0v) is 20.6. The number of aromatic nitrogens is 1. The Hall–Kier alpha value is -3.66. The molecule has 1 N–H and O–H groups in total. The topological polar surface area (TPSA) is 51.2 Å². The predicted molar refractivity (Wildman–Crippen MR) is 139 cm³/mol. The molecule has 34 heavy (non-hydrogen) atoms. The van der Waals surface area contributed by atoms with E-state index in [0.29, 0.717) is 12.2 Å². The first-order valence-corrected chi connectivity index (χ1v) is 11.8. The minimum atomic E-state index is -0.132. The molecular formula is C30H32N2O2. The van der Waals surface area contributed by atoms with Crippen LogP contribution in [-0.2, 0) is 5.41 Å². The summed E-state index contributed by atoms with van der Waals surface area (Å²) in [4.78, 5) is 18.3. The summed E-state index contributed by atoms with van der Waals surface area (Å²) in [5.41, 5.74) is 5.40. The van der Waals surface area contributed by atoms with Gasteiger partial charge in [-0.2, -0.15) is 0 Å². The number of fused-ring (bicyclic) bond motifs is 1. The highest BCUT2D eigenvalue weighted by molar-refractivity contribution is 6.07. The second-order valence-corrected chi connectivity index (χ2v) is 9.57. The minimum absolute atomic E-state index is 0.0924. The van der Waals surface area contributed by atoms with Crippen LogP contribution in [0.25, 0.3) is 22.2 Å². The van der Waals surface area contributed by atoms with Crippen LogP contribution >= 0.6 is 0 Å². The van der Waals surface area contributed by atoms with E-state index in [4.69, 9.17) is 9.72 Å². The highest BCUT2D eigenvalue weighted by Crippen LogP contribution is 2.32. The smallest absolute Gasteiger partial charge is 0.252 e. The van der Waals surface area contributed by atoms with Crippen LogP contribution < -0.4 is 10.1 Å². The van der Waals surface area contributed by atoms with E-state index in [0.717, 1.165) is 33.5 Å². The molecule has 4 heteroatoms. The number of nitrogens with one attached hydrogen (secondary N) is 1. The zero-order valence-electron chi connectivity index (χ0n) is 20.6. The normalized spacial score (nSPS) is 12.4. The first-order valence-electron chi connectivity index (χ1n) is 11.8. The SMILES string of the molecule is CCOc1ccccc1-c1cc(C(=O)N[C@@H](C)c2ccc(C(C)(C)C)cc2)c2ccccc2n1. The van der Waals surface area contributed by atoms with Crippen molar-refractivity contribution in [1.82, 2.24) is 10.3 Å². The van der Waals surface area contributed by atoms with E-state index < -0.39 is 0 Å². The molecule has 1 atom stereocenters. The van der Waals surface area contributed by atoms with Crippen LogP contribution in [0.4, 0.5) is 0 Å². The molecule has 1 heterocycles. The second-order valence-electron chi connectivity index (χ2n) is 9.57. The van der Waals surface area contributed by atoms with Crippen molar-refractivity contribution in [1.29, 1.82) is 0 Å². The van der Waals surface area contributed by atoms with Gasteiger partial charge in [0.1, 0.15) is 5.75 Å². The standard InChI is InChI=1S/C30H32N2O2/c1-6-34-28-14-10-8-12-24(28)27-19-25(23-11-7-9-13-26(23)32-27)29(33)31-20(2)21-15-17-22(18-16-21)30(3,4)5/h7-20H,6H2,1-5H3,(H,31,33)/t20-/m0/s1. The van der Waals surface area contributed by atoms with Crippen molar-refractivity contribution in [3.63, 3.8) is 0 Å². The summed E-state index contributed by atoms with van der Waals surface area (Å²) in [6.07, 6.45) is 0. The molecule has 0 bridgehead atoms. The summed E-state index contributed by atoms with van der Waals surface area (Å²) < 4.78 is 5.82. The molecule has 0 aliphatic rings. The number of rotatable bonds is 6. The molecular weight excluding hydrogens is 420 g/mol. The first-order chi connectivity index (χ1) is 16.3. The maximum atomic E-state index is 13.5. The zero-order chi connectivity index (χ0) is 24.3. The number of hydrogen-bond donors (Lipinski definition) is 1. The van der Waals surface area contributed by atoms with Gasteiger partial charge in [-0.3, -0.25) is 4.79 Å². The largest absolute Gasteiger partial charge is 0.493 e. The van der Waals surface area contributed by atoms with E-state index in [-0.39, 0.29) is 17.4 Å². The van der Waals surface area contributed by atoms with Gasteiger partial charge >= 0.3 is 0 Å². The van der Waals surface area contributed by atoms with Gasteiger partial charge in [-0.25, -0.2) is 4.98 Å². The van der Waals surface area contributed by atoms with E-state index in [2.05, 4.69) is 50.4 Å². The van der Waals surface area contributed by atoms with Crippen molar-refractivity contribution in [3.8, 4) is 17.0 Å². The Balaban J connectivity index is 1.69. The minimum Gasteiger partial charge on any atom is -0.493 e.